The van der Waals surface area contributed by atoms with Crippen molar-refractivity contribution in [2.24, 2.45) is 0 Å². The van der Waals surface area contributed by atoms with Gasteiger partial charge in [0.2, 0.25) is 10.0 Å². The van der Waals surface area contributed by atoms with E-state index in [4.69, 9.17) is 4.42 Å². The Morgan fingerprint density at radius 2 is 2.00 bits per heavy atom. The number of nitrogens with one attached hydrogen (secondary N) is 1. The Balaban J connectivity index is 2.98. The SMILES string of the molecule is CCCCN(CC)S(=O)(=O)c1cc(CNCC)oc1C. The molecule has 0 amide bonds. The third kappa shape index (κ3) is 4.07. The minimum absolute atomic E-state index is 0.295. The molecule has 1 aromatic rings. The summed E-state index contributed by atoms with van der Waals surface area (Å²) in [6.45, 7) is 10.0. The van der Waals surface area contributed by atoms with E-state index in [-0.39, 0.29) is 0 Å². The van der Waals surface area contributed by atoms with E-state index in [1.807, 2.05) is 13.8 Å². The molecule has 0 spiro atoms. The van der Waals surface area contributed by atoms with E-state index in [2.05, 4.69) is 12.2 Å². The molecule has 6 heteroatoms. The van der Waals surface area contributed by atoms with Crippen molar-refractivity contribution < 1.29 is 12.8 Å². The zero-order chi connectivity index (χ0) is 15.2. The molecule has 1 aromatic heterocycles. The number of rotatable bonds is 9. The van der Waals surface area contributed by atoms with E-state index in [1.165, 1.54) is 4.31 Å². The van der Waals surface area contributed by atoms with Crippen molar-refractivity contribution in [2.75, 3.05) is 19.6 Å². The molecule has 116 valence electrons. The van der Waals surface area contributed by atoms with E-state index in [0.717, 1.165) is 19.4 Å². The van der Waals surface area contributed by atoms with Gasteiger partial charge in [0.05, 0.1) is 6.54 Å². The first kappa shape index (κ1) is 17.2. The highest BCUT2D eigenvalue weighted by atomic mass is 32.2. The zero-order valence-electron chi connectivity index (χ0n) is 12.9. The van der Waals surface area contributed by atoms with Crippen LogP contribution in [0.2, 0.25) is 0 Å². The third-order valence-electron chi connectivity index (χ3n) is 3.20. The molecule has 5 nitrogen and oxygen atoms in total. The van der Waals surface area contributed by atoms with Crippen molar-refractivity contribution in [2.45, 2.75) is 52.0 Å². The molecule has 0 aromatic carbocycles. The molecule has 20 heavy (non-hydrogen) atoms. The van der Waals surface area contributed by atoms with E-state index in [0.29, 0.717) is 36.1 Å². The second-order valence-corrected chi connectivity index (χ2v) is 6.67. The zero-order valence-corrected chi connectivity index (χ0v) is 13.7. The van der Waals surface area contributed by atoms with Crippen molar-refractivity contribution in [3.63, 3.8) is 0 Å². The standard InChI is InChI=1S/C14H26N2O3S/c1-5-8-9-16(7-3)20(17,18)14-10-13(11-15-6-2)19-12(14)4/h10,15H,5-9,11H2,1-4H3. The van der Waals surface area contributed by atoms with Gasteiger partial charge in [-0.1, -0.05) is 27.2 Å². The number of nitrogens with zero attached hydrogens (tertiary/aromatic N) is 1. The normalized spacial score (nSPS) is 12.2. The highest BCUT2D eigenvalue weighted by molar-refractivity contribution is 7.89. The Kier molecular flexibility index (Phi) is 6.71. The fourth-order valence-corrected chi connectivity index (χ4v) is 3.71. The lowest BCUT2D eigenvalue weighted by molar-refractivity contribution is 0.415. The highest BCUT2D eigenvalue weighted by Gasteiger charge is 2.27. The second-order valence-electron chi connectivity index (χ2n) is 4.76. The Labute approximate surface area is 122 Å². The Bertz CT molecular complexity index is 508. The van der Waals surface area contributed by atoms with E-state index in [1.54, 1.807) is 13.0 Å². The summed E-state index contributed by atoms with van der Waals surface area (Å²) in [4.78, 5) is 0.295. The van der Waals surface area contributed by atoms with Crippen LogP contribution in [-0.2, 0) is 16.6 Å². The van der Waals surface area contributed by atoms with Gasteiger partial charge in [0.15, 0.2) is 0 Å². The van der Waals surface area contributed by atoms with Crippen LogP contribution in [0.15, 0.2) is 15.4 Å². The van der Waals surface area contributed by atoms with Crippen LogP contribution in [0.25, 0.3) is 0 Å². The average Bonchev–Trinajstić information content (AvgIpc) is 2.79. The summed E-state index contributed by atoms with van der Waals surface area (Å²) < 4.78 is 32.3. The first-order chi connectivity index (χ1) is 9.47. The molecular weight excluding hydrogens is 276 g/mol. The summed E-state index contributed by atoms with van der Waals surface area (Å²) in [5.74, 6) is 1.13. The minimum Gasteiger partial charge on any atom is -0.464 e. The van der Waals surface area contributed by atoms with Gasteiger partial charge in [-0.3, -0.25) is 0 Å². The molecule has 0 aliphatic heterocycles. The summed E-state index contributed by atoms with van der Waals surface area (Å²) >= 11 is 0. The number of unbranched alkanes of at least 4 members (excludes halogenated alkanes) is 1. The van der Waals surface area contributed by atoms with Gasteiger partial charge in [-0.25, -0.2) is 8.42 Å². The predicted molar refractivity (Wildman–Crippen MR) is 80.2 cm³/mol. The van der Waals surface area contributed by atoms with Gasteiger partial charge in [-0.2, -0.15) is 4.31 Å². The summed E-state index contributed by atoms with van der Waals surface area (Å²) in [6.07, 6.45) is 1.84. The molecule has 0 saturated carbocycles. The number of sulfonamides is 1. The average molecular weight is 302 g/mol. The predicted octanol–water partition coefficient (Wildman–Crippen LogP) is 2.51. The van der Waals surface area contributed by atoms with Gasteiger partial charge in [-0.05, 0) is 19.9 Å². The topological polar surface area (TPSA) is 62.6 Å². The van der Waals surface area contributed by atoms with Crippen LogP contribution in [0, 0.1) is 6.92 Å². The monoisotopic (exact) mass is 302 g/mol. The fourth-order valence-electron chi connectivity index (χ4n) is 2.04. The fraction of sp³-hybridized carbons (Fsp3) is 0.714. The Hall–Kier alpha value is -0.850. The molecule has 1 rings (SSSR count). The molecular formula is C14H26N2O3S. The van der Waals surface area contributed by atoms with Crippen molar-refractivity contribution in [1.29, 1.82) is 0 Å². The largest absolute Gasteiger partial charge is 0.464 e. The number of hydrogen-bond acceptors (Lipinski definition) is 4. The molecule has 0 saturated heterocycles. The van der Waals surface area contributed by atoms with Gasteiger partial charge in [0.1, 0.15) is 16.4 Å². The van der Waals surface area contributed by atoms with Crippen LogP contribution >= 0.6 is 0 Å². The van der Waals surface area contributed by atoms with Gasteiger partial charge >= 0.3 is 0 Å². The Morgan fingerprint density at radius 3 is 2.55 bits per heavy atom. The van der Waals surface area contributed by atoms with Gasteiger partial charge in [-0.15, -0.1) is 0 Å². The summed E-state index contributed by atoms with van der Waals surface area (Å²) in [6, 6.07) is 1.64. The van der Waals surface area contributed by atoms with Crippen molar-refractivity contribution in [1.82, 2.24) is 9.62 Å². The molecule has 0 aliphatic carbocycles. The molecule has 0 atom stereocenters. The lowest BCUT2D eigenvalue weighted by atomic mass is 10.3. The van der Waals surface area contributed by atoms with E-state index in [9.17, 15) is 8.42 Å². The minimum atomic E-state index is -3.45. The van der Waals surface area contributed by atoms with Crippen LogP contribution in [-0.4, -0.2) is 32.4 Å². The smallest absolute Gasteiger partial charge is 0.246 e. The van der Waals surface area contributed by atoms with Crippen molar-refractivity contribution in [3.8, 4) is 0 Å². The summed E-state index contributed by atoms with van der Waals surface area (Å²) in [5.41, 5.74) is 0. The lowest BCUT2D eigenvalue weighted by Gasteiger charge is -2.19. The summed E-state index contributed by atoms with van der Waals surface area (Å²) in [7, 11) is -3.45. The van der Waals surface area contributed by atoms with Crippen molar-refractivity contribution in [3.05, 3.63) is 17.6 Å². The van der Waals surface area contributed by atoms with Crippen LogP contribution in [0.3, 0.4) is 0 Å². The molecule has 0 aliphatic rings. The first-order valence-electron chi connectivity index (χ1n) is 7.27. The Morgan fingerprint density at radius 1 is 1.30 bits per heavy atom. The van der Waals surface area contributed by atoms with Crippen LogP contribution in [0.4, 0.5) is 0 Å². The van der Waals surface area contributed by atoms with Gasteiger partial charge in [0, 0.05) is 19.2 Å². The highest BCUT2D eigenvalue weighted by Crippen LogP contribution is 2.24. The number of aryl methyl sites for hydroxylation is 1. The van der Waals surface area contributed by atoms with Crippen LogP contribution in [0.5, 0.6) is 0 Å². The maximum Gasteiger partial charge on any atom is 0.246 e. The molecule has 0 unspecified atom stereocenters. The maximum absolute atomic E-state index is 12.6. The third-order valence-corrected chi connectivity index (χ3v) is 5.29. The molecule has 0 radical (unpaired) electrons. The van der Waals surface area contributed by atoms with Crippen molar-refractivity contribution >= 4 is 10.0 Å². The molecule has 1 heterocycles. The molecule has 0 bridgehead atoms. The lowest BCUT2D eigenvalue weighted by Crippen LogP contribution is -2.32. The van der Waals surface area contributed by atoms with Crippen LogP contribution in [0.1, 0.15) is 45.1 Å². The van der Waals surface area contributed by atoms with E-state index < -0.39 is 10.0 Å². The van der Waals surface area contributed by atoms with Crippen LogP contribution < -0.4 is 5.32 Å². The number of hydrogen-bond donors (Lipinski definition) is 1. The molecule has 0 fully saturated rings. The number of furan rings is 1. The van der Waals surface area contributed by atoms with Gasteiger partial charge in [0.25, 0.3) is 0 Å². The second kappa shape index (κ2) is 7.81. The van der Waals surface area contributed by atoms with Gasteiger partial charge < -0.3 is 9.73 Å². The quantitative estimate of drug-likeness (QED) is 0.761. The molecule has 1 N–H and O–H groups in total. The first-order valence-corrected chi connectivity index (χ1v) is 8.71. The van der Waals surface area contributed by atoms with E-state index >= 15 is 0 Å². The summed E-state index contributed by atoms with van der Waals surface area (Å²) in [5, 5.41) is 3.13. The maximum atomic E-state index is 12.6.